The minimum atomic E-state index is -0.878. The van der Waals surface area contributed by atoms with Gasteiger partial charge < -0.3 is 20.9 Å². The Morgan fingerprint density at radius 1 is 1.37 bits per heavy atom. The van der Waals surface area contributed by atoms with Crippen molar-refractivity contribution in [1.29, 1.82) is 0 Å². The highest BCUT2D eigenvalue weighted by Crippen LogP contribution is 2.31. The van der Waals surface area contributed by atoms with Crippen LogP contribution in [0.1, 0.15) is 54.1 Å². The number of primary amides is 1. The molecule has 3 amide bonds. The number of likely N-dealkylation sites (tertiary alicyclic amines) is 1. The number of amides is 3. The predicted octanol–water partition coefficient (Wildman–Crippen LogP) is 3.15. The van der Waals surface area contributed by atoms with Crippen molar-refractivity contribution in [3.05, 3.63) is 40.5 Å². The third kappa shape index (κ3) is 7.33. The van der Waals surface area contributed by atoms with Gasteiger partial charge in [0.05, 0.1) is 6.10 Å². The predicted molar refractivity (Wildman–Crippen MR) is 129 cm³/mol. The van der Waals surface area contributed by atoms with Crippen LogP contribution in [0.5, 0.6) is 5.88 Å². The molecule has 2 heterocycles. The zero-order valence-corrected chi connectivity index (χ0v) is 20.6. The molecule has 1 aliphatic heterocycles. The number of ether oxygens (including phenoxy) is 1. The first kappa shape index (κ1) is 26.8. The number of piperidine rings is 1. The van der Waals surface area contributed by atoms with E-state index in [4.69, 9.17) is 10.5 Å². The van der Waals surface area contributed by atoms with Gasteiger partial charge in [0.2, 0.25) is 5.88 Å². The molecular formula is C23H31F2N5O4S. The van der Waals surface area contributed by atoms with Crippen LogP contribution in [0.3, 0.4) is 0 Å². The van der Waals surface area contributed by atoms with Gasteiger partial charge >= 0.3 is 6.03 Å². The van der Waals surface area contributed by atoms with E-state index in [9.17, 15) is 23.5 Å². The maximum absolute atomic E-state index is 14.1. The second kappa shape index (κ2) is 12.2. The molecule has 1 saturated heterocycles. The van der Waals surface area contributed by atoms with Crippen molar-refractivity contribution in [3.63, 3.8) is 0 Å². The summed E-state index contributed by atoms with van der Waals surface area (Å²) in [5.74, 6) is -2.28. The molecule has 1 aliphatic rings. The summed E-state index contributed by atoms with van der Waals surface area (Å²) in [6, 6.07) is 1.83. The average Bonchev–Trinajstić information content (AvgIpc) is 3.20. The molecular weight excluding hydrogens is 480 g/mol. The minimum Gasteiger partial charge on any atom is -0.471 e. The molecule has 0 aliphatic carbocycles. The Morgan fingerprint density at radius 2 is 2.14 bits per heavy atom. The monoisotopic (exact) mass is 511 g/mol. The van der Waals surface area contributed by atoms with Crippen LogP contribution in [0.15, 0.2) is 12.1 Å². The van der Waals surface area contributed by atoms with Gasteiger partial charge in [-0.15, -0.1) is 0 Å². The molecule has 5 N–H and O–H groups in total. The Kier molecular flexibility index (Phi) is 9.35. The number of nitrogens with zero attached hydrogens (tertiary/aromatic N) is 2. The fourth-order valence-electron chi connectivity index (χ4n) is 3.93. The first-order valence-corrected chi connectivity index (χ1v) is 12.3. The van der Waals surface area contributed by atoms with Crippen molar-refractivity contribution in [3.8, 4) is 5.88 Å². The van der Waals surface area contributed by atoms with Crippen LogP contribution in [0.25, 0.3) is 0 Å². The second-order valence-electron chi connectivity index (χ2n) is 8.70. The highest BCUT2D eigenvalue weighted by atomic mass is 32.1. The molecule has 1 aromatic carbocycles. The number of aryl methyl sites for hydroxylation is 1. The topological polar surface area (TPSA) is 130 Å². The summed E-state index contributed by atoms with van der Waals surface area (Å²) in [4.78, 5) is 26.5. The van der Waals surface area contributed by atoms with Crippen molar-refractivity contribution in [2.75, 3.05) is 25.0 Å². The average molecular weight is 512 g/mol. The van der Waals surface area contributed by atoms with Crippen LogP contribution in [-0.2, 0) is 6.61 Å². The number of nitrogens with one attached hydrogen (secondary N) is 2. The SMILES string of the molecule is Cc1cc(F)c(COc2nsc(NC(=O)NCCCC(C)N3CCCC(O)C3)c2C(N)=O)cc1F. The minimum absolute atomic E-state index is 0.0444. The third-order valence-corrected chi connectivity index (χ3v) is 6.71. The quantitative estimate of drug-likeness (QED) is 0.363. The van der Waals surface area contributed by atoms with Crippen LogP contribution < -0.4 is 21.1 Å². The van der Waals surface area contributed by atoms with Crippen molar-refractivity contribution in [2.24, 2.45) is 5.73 Å². The largest absolute Gasteiger partial charge is 0.471 e. The van der Waals surface area contributed by atoms with Crippen molar-refractivity contribution in [1.82, 2.24) is 14.6 Å². The summed E-state index contributed by atoms with van der Waals surface area (Å²) in [7, 11) is 0. The number of urea groups is 1. The van der Waals surface area contributed by atoms with Gasteiger partial charge in [-0.2, -0.15) is 4.37 Å². The van der Waals surface area contributed by atoms with Gasteiger partial charge in [-0.05, 0) is 75.3 Å². The van der Waals surface area contributed by atoms with Gasteiger partial charge in [0, 0.05) is 24.7 Å². The van der Waals surface area contributed by atoms with E-state index in [-0.39, 0.29) is 40.3 Å². The van der Waals surface area contributed by atoms with E-state index >= 15 is 0 Å². The summed E-state index contributed by atoms with van der Waals surface area (Å²) in [6.45, 7) is 5.23. The van der Waals surface area contributed by atoms with Gasteiger partial charge in [-0.1, -0.05) is 0 Å². The van der Waals surface area contributed by atoms with Crippen LogP contribution >= 0.6 is 11.5 Å². The van der Waals surface area contributed by atoms with Crippen molar-refractivity contribution < 1.29 is 28.2 Å². The lowest BCUT2D eigenvalue weighted by Gasteiger charge is -2.34. The molecule has 3 rings (SSSR count). The third-order valence-electron chi connectivity index (χ3n) is 5.96. The molecule has 1 fully saturated rings. The number of benzene rings is 1. The number of aromatic nitrogens is 1. The maximum Gasteiger partial charge on any atom is 0.319 e. The number of anilines is 1. The molecule has 2 atom stereocenters. The van der Waals surface area contributed by atoms with Gasteiger partial charge in [-0.25, -0.2) is 13.6 Å². The fraction of sp³-hybridized carbons (Fsp3) is 0.522. The first-order chi connectivity index (χ1) is 16.7. The number of carbonyl (C=O) groups is 2. The number of halogens is 2. The normalized spacial score (nSPS) is 17.1. The molecule has 1 aromatic heterocycles. The van der Waals surface area contributed by atoms with Crippen LogP contribution in [0, 0.1) is 18.6 Å². The van der Waals surface area contributed by atoms with Gasteiger partial charge in [0.25, 0.3) is 5.91 Å². The Balaban J connectivity index is 1.50. The van der Waals surface area contributed by atoms with Gasteiger partial charge in [0.1, 0.15) is 28.8 Å². The second-order valence-corrected chi connectivity index (χ2v) is 9.47. The van der Waals surface area contributed by atoms with E-state index in [1.807, 2.05) is 0 Å². The fourth-order valence-corrected chi connectivity index (χ4v) is 4.67. The van der Waals surface area contributed by atoms with Gasteiger partial charge in [-0.3, -0.25) is 15.0 Å². The lowest BCUT2D eigenvalue weighted by molar-refractivity contribution is 0.0482. The Hall–Kier alpha value is -2.83. The molecule has 35 heavy (non-hydrogen) atoms. The van der Waals surface area contributed by atoms with E-state index in [1.54, 1.807) is 0 Å². The number of aliphatic hydroxyl groups excluding tert-OH is 1. The number of nitrogens with two attached hydrogens (primary N) is 1. The standard InChI is InChI=1S/C23H31F2N5O4S/c1-13-9-18(25)15(10-17(13)24)12-34-21-19(20(26)32)22(35-29-21)28-23(33)27-7-3-5-14(2)30-8-4-6-16(31)11-30/h9-10,14,16,31H,3-8,11-12H2,1-2H3,(H2,26,32)(H2,27,28,33). The van der Waals surface area contributed by atoms with E-state index < -0.39 is 23.6 Å². The summed E-state index contributed by atoms with van der Waals surface area (Å²) in [5, 5.41) is 15.2. The molecule has 9 nitrogen and oxygen atoms in total. The van der Waals surface area contributed by atoms with Crippen LogP contribution in [0.4, 0.5) is 18.6 Å². The molecule has 12 heteroatoms. The summed E-state index contributed by atoms with van der Waals surface area (Å²) in [6.07, 6.45) is 3.13. The van der Waals surface area contributed by atoms with Crippen LogP contribution in [-0.4, -0.2) is 58.1 Å². The number of aliphatic hydroxyl groups is 1. The number of hydrogen-bond donors (Lipinski definition) is 4. The molecule has 0 radical (unpaired) electrons. The first-order valence-electron chi connectivity index (χ1n) is 11.5. The van der Waals surface area contributed by atoms with E-state index in [0.717, 1.165) is 55.9 Å². The maximum atomic E-state index is 14.1. The molecule has 192 valence electrons. The van der Waals surface area contributed by atoms with Crippen molar-refractivity contribution >= 4 is 28.5 Å². The Labute approximate surface area is 206 Å². The summed E-state index contributed by atoms with van der Waals surface area (Å²) in [5.41, 5.74) is 5.41. The number of rotatable bonds is 10. The van der Waals surface area contributed by atoms with E-state index in [1.165, 1.54) is 6.92 Å². The van der Waals surface area contributed by atoms with E-state index in [2.05, 4.69) is 26.8 Å². The smallest absolute Gasteiger partial charge is 0.319 e. The zero-order chi connectivity index (χ0) is 25.5. The molecule has 0 spiro atoms. The van der Waals surface area contributed by atoms with Crippen molar-refractivity contribution in [2.45, 2.75) is 58.3 Å². The zero-order valence-electron chi connectivity index (χ0n) is 19.8. The van der Waals surface area contributed by atoms with Crippen LogP contribution in [0.2, 0.25) is 0 Å². The molecule has 2 aromatic rings. The summed E-state index contributed by atoms with van der Waals surface area (Å²) < 4.78 is 37.2. The lowest BCUT2D eigenvalue weighted by Crippen LogP contribution is -2.43. The highest BCUT2D eigenvalue weighted by molar-refractivity contribution is 7.11. The number of hydrogen-bond acceptors (Lipinski definition) is 7. The lowest BCUT2D eigenvalue weighted by atomic mass is 10.0. The summed E-state index contributed by atoms with van der Waals surface area (Å²) >= 11 is 0.795. The Morgan fingerprint density at radius 3 is 2.86 bits per heavy atom. The van der Waals surface area contributed by atoms with Gasteiger partial charge in [0.15, 0.2) is 0 Å². The molecule has 0 saturated carbocycles. The number of β-amino-alcohol motifs (C(OH)–C–C–N with tert-alkyl or cyclic N) is 1. The van der Waals surface area contributed by atoms with E-state index in [0.29, 0.717) is 19.1 Å². The Bertz CT molecular complexity index is 1050. The highest BCUT2D eigenvalue weighted by Gasteiger charge is 2.23. The molecule has 2 unspecified atom stereocenters. The molecule has 0 bridgehead atoms. The number of carbonyl (C=O) groups excluding carboxylic acids is 2.